The molecule has 0 aromatic rings. The Kier molecular flexibility index (Phi) is 31.8. The van der Waals surface area contributed by atoms with Crippen molar-refractivity contribution in [1.29, 1.82) is 0 Å². The predicted octanol–water partition coefficient (Wildman–Crippen LogP) is 10.4. The Bertz CT molecular complexity index is 360. The summed E-state index contributed by atoms with van der Waals surface area (Å²) in [7, 11) is 0. The zero-order valence-electron chi connectivity index (χ0n) is 23.9. The third kappa shape index (κ3) is 27.4. The lowest BCUT2D eigenvalue weighted by molar-refractivity contribution is -0.118. The standard InChI is InChI=1S/C11H22.C8H14O2.C7H14.2C2H6/c1-3-7-10(2)11-8-5-4-6-9-11;1-7(9)5-3-4-6-8(2)10;1-7-5-3-2-4-6-7;2*1-2/h10-11H,3-9H2,1-2H3;3-6H2,1-2H3;7H,2-6H2,1H3;2*1-2H3. The summed E-state index contributed by atoms with van der Waals surface area (Å²) in [6.07, 6.45) is 20.7. The normalized spacial score (nSPS) is 16.9. The predicted molar refractivity (Wildman–Crippen MR) is 145 cm³/mol. The molecule has 2 saturated carbocycles. The SMILES string of the molecule is CC.CC.CC(=O)CCCCC(C)=O.CC1CCCCC1.CCCC(C)C1CCCCC1. The highest BCUT2D eigenvalue weighted by Crippen LogP contribution is 2.31. The molecule has 2 heteroatoms. The van der Waals surface area contributed by atoms with E-state index in [9.17, 15) is 9.59 Å². The molecule has 0 aromatic heterocycles. The van der Waals surface area contributed by atoms with Crippen LogP contribution in [0.4, 0.5) is 0 Å². The molecule has 0 spiro atoms. The first-order valence-corrected chi connectivity index (χ1v) is 14.4. The second-order valence-corrected chi connectivity index (χ2v) is 9.52. The number of Topliss-reactive ketones (excluding diaryl/α,β-unsaturated/α-hetero) is 2. The van der Waals surface area contributed by atoms with Crippen LogP contribution in [0.15, 0.2) is 0 Å². The molecule has 0 saturated heterocycles. The second-order valence-electron chi connectivity index (χ2n) is 9.52. The van der Waals surface area contributed by atoms with Crippen LogP contribution in [0.1, 0.15) is 165 Å². The van der Waals surface area contributed by atoms with Gasteiger partial charge in [-0.2, -0.15) is 0 Å². The largest absolute Gasteiger partial charge is 0.300 e. The lowest BCUT2D eigenvalue weighted by atomic mass is 9.79. The number of unbranched alkanes of at least 4 members (excludes halogenated alkanes) is 1. The van der Waals surface area contributed by atoms with Crippen LogP contribution in [-0.4, -0.2) is 11.6 Å². The van der Waals surface area contributed by atoms with Gasteiger partial charge in [-0.25, -0.2) is 0 Å². The molecule has 1 unspecified atom stereocenters. The van der Waals surface area contributed by atoms with Gasteiger partial charge < -0.3 is 9.59 Å². The summed E-state index contributed by atoms with van der Waals surface area (Å²) in [6.45, 7) is 18.3. The summed E-state index contributed by atoms with van der Waals surface area (Å²) in [6, 6.07) is 0. The van der Waals surface area contributed by atoms with Gasteiger partial charge in [0.05, 0.1) is 0 Å². The first-order valence-electron chi connectivity index (χ1n) is 14.4. The highest BCUT2D eigenvalue weighted by molar-refractivity contribution is 5.76. The molecule has 2 rings (SSSR count). The molecule has 2 fully saturated rings. The maximum Gasteiger partial charge on any atom is 0.129 e. The van der Waals surface area contributed by atoms with Gasteiger partial charge in [0, 0.05) is 12.8 Å². The van der Waals surface area contributed by atoms with Gasteiger partial charge >= 0.3 is 0 Å². The summed E-state index contributed by atoms with van der Waals surface area (Å²) in [5.41, 5.74) is 0. The molecule has 2 aliphatic carbocycles. The monoisotopic (exact) mass is 454 g/mol. The van der Waals surface area contributed by atoms with Crippen molar-refractivity contribution < 1.29 is 9.59 Å². The van der Waals surface area contributed by atoms with Crippen molar-refractivity contribution in [2.75, 3.05) is 0 Å². The smallest absolute Gasteiger partial charge is 0.129 e. The van der Waals surface area contributed by atoms with E-state index in [1.165, 1.54) is 77.0 Å². The minimum absolute atomic E-state index is 0.212. The lowest BCUT2D eigenvalue weighted by Gasteiger charge is -2.27. The van der Waals surface area contributed by atoms with Gasteiger partial charge in [-0.15, -0.1) is 0 Å². The fraction of sp³-hybridized carbons (Fsp3) is 0.933. The molecule has 0 radical (unpaired) electrons. The molecule has 194 valence electrons. The highest BCUT2D eigenvalue weighted by atomic mass is 16.1. The number of carbonyl (C=O) groups is 2. The molecule has 0 amide bonds. The van der Waals surface area contributed by atoms with E-state index in [0.717, 1.165) is 30.6 Å². The maximum absolute atomic E-state index is 10.4. The van der Waals surface area contributed by atoms with Crippen molar-refractivity contribution in [3.05, 3.63) is 0 Å². The molecule has 0 aromatic carbocycles. The van der Waals surface area contributed by atoms with E-state index in [2.05, 4.69) is 20.8 Å². The third-order valence-electron chi connectivity index (χ3n) is 6.40. The molecule has 1 atom stereocenters. The topological polar surface area (TPSA) is 34.1 Å². The first kappa shape index (κ1) is 35.9. The van der Waals surface area contributed by atoms with Crippen LogP contribution in [0.25, 0.3) is 0 Å². The van der Waals surface area contributed by atoms with E-state index in [-0.39, 0.29) is 11.6 Å². The number of hydrogen-bond acceptors (Lipinski definition) is 2. The molecule has 2 aliphatic rings. The summed E-state index contributed by atoms with van der Waals surface area (Å²) < 4.78 is 0. The first-order chi connectivity index (χ1) is 15.4. The van der Waals surface area contributed by atoms with Crippen LogP contribution in [0, 0.1) is 17.8 Å². The molecular formula is C30H62O2. The van der Waals surface area contributed by atoms with E-state index < -0.39 is 0 Å². The zero-order valence-corrected chi connectivity index (χ0v) is 23.9. The van der Waals surface area contributed by atoms with Crippen LogP contribution in [0.3, 0.4) is 0 Å². The number of ketones is 2. The number of hydrogen-bond donors (Lipinski definition) is 0. The molecular weight excluding hydrogens is 392 g/mol. The molecule has 0 N–H and O–H groups in total. The Morgan fingerprint density at radius 2 is 1.09 bits per heavy atom. The van der Waals surface area contributed by atoms with E-state index in [4.69, 9.17) is 0 Å². The van der Waals surface area contributed by atoms with Crippen LogP contribution < -0.4 is 0 Å². The molecule has 2 nitrogen and oxygen atoms in total. The van der Waals surface area contributed by atoms with Gasteiger partial charge in [-0.05, 0) is 44.4 Å². The van der Waals surface area contributed by atoms with Crippen LogP contribution in [0.5, 0.6) is 0 Å². The molecule has 0 heterocycles. The van der Waals surface area contributed by atoms with Crippen molar-refractivity contribution in [2.45, 2.75) is 165 Å². The number of rotatable bonds is 8. The van der Waals surface area contributed by atoms with Crippen molar-refractivity contribution in [1.82, 2.24) is 0 Å². The number of carbonyl (C=O) groups excluding carboxylic acids is 2. The Balaban J connectivity index is -0.000000371. The highest BCUT2D eigenvalue weighted by Gasteiger charge is 2.18. The van der Waals surface area contributed by atoms with Crippen LogP contribution in [0.2, 0.25) is 0 Å². The maximum atomic E-state index is 10.4. The average molecular weight is 455 g/mol. The Labute approximate surface area is 204 Å². The van der Waals surface area contributed by atoms with Crippen molar-refractivity contribution in [3.8, 4) is 0 Å². The van der Waals surface area contributed by atoms with E-state index in [1.54, 1.807) is 13.8 Å². The summed E-state index contributed by atoms with van der Waals surface area (Å²) >= 11 is 0. The van der Waals surface area contributed by atoms with Crippen molar-refractivity contribution in [3.63, 3.8) is 0 Å². The van der Waals surface area contributed by atoms with Gasteiger partial charge in [0.15, 0.2) is 0 Å². The van der Waals surface area contributed by atoms with E-state index in [0.29, 0.717) is 12.8 Å². The fourth-order valence-electron chi connectivity index (χ4n) is 4.45. The second kappa shape index (κ2) is 28.4. The minimum atomic E-state index is 0.212. The van der Waals surface area contributed by atoms with E-state index >= 15 is 0 Å². The lowest BCUT2D eigenvalue weighted by Crippen LogP contribution is -2.14. The minimum Gasteiger partial charge on any atom is -0.300 e. The molecule has 0 bridgehead atoms. The fourth-order valence-corrected chi connectivity index (χ4v) is 4.45. The van der Waals surface area contributed by atoms with Gasteiger partial charge in [-0.3, -0.25) is 0 Å². The van der Waals surface area contributed by atoms with Crippen LogP contribution in [-0.2, 0) is 9.59 Å². The Morgan fingerprint density at radius 3 is 1.38 bits per heavy atom. The molecule has 32 heavy (non-hydrogen) atoms. The quantitative estimate of drug-likeness (QED) is 0.342. The van der Waals surface area contributed by atoms with Crippen molar-refractivity contribution in [2.24, 2.45) is 17.8 Å². The van der Waals surface area contributed by atoms with Crippen LogP contribution >= 0.6 is 0 Å². The van der Waals surface area contributed by atoms with E-state index in [1.807, 2.05) is 27.7 Å². The Hall–Kier alpha value is -0.660. The summed E-state index contributed by atoms with van der Waals surface area (Å²) in [5.74, 6) is 3.53. The van der Waals surface area contributed by atoms with Gasteiger partial charge in [0.1, 0.15) is 11.6 Å². The molecule has 0 aliphatic heterocycles. The average Bonchev–Trinajstić information content (AvgIpc) is 2.81. The van der Waals surface area contributed by atoms with Gasteiger partial charge in [-0.1, -0.05) is 126 Å². The summed E-state index contributed by atoms with van der Waals surface area (Å²) in [5, 5.41) is 0. The van der Waals surface area contributed by atoms with Gasteiger partial charge in [0.25, 0.3) is 0 Å². The zero-order chi connectivity index (χ0) is 25.2. The third-order valence-corrected chi connectivity index (χ3v) is 6.40. The Morgan fingerprint density at radius 1 is 0.719 bits per heavy atom. The summed E-state index contributed by atoms with van der Waals surface area (Å²) in [4.78, 5) is 20.8. The van der Waals surface area contributed by atoms with Crippen molar-refractivity contribution >= 4 is 11.6 Å². The van der Waals surface area contributed by atoms with Gasteiger partial charge in [0.2, 0.25) is 0 Å².